The fourth-order valence-electron chi connectivity index (χ4n) is 2.63. The third kappa shape index (κ3) is 6.23. The van der Waals surface area contributed by atoms with E-state index < -0.39 is 11.3 Å². The maximum Gasteiger partial charge on any atom is 0.239 e. The van der Waals surface area contributed by atoms with Crippen LogP contribution in [-0.2, 0) is 20.8 Å². The molecule has 0 bridgehead atoms. The Morgan fingerprint density at radius 2 is 1.50 bits per heavy atom. The van der Waals surface area contributed by atoms with Crippen molar-refractivity contribution in [2.24, 2.45) is 5.41 Å². The first-order valence-corrected chi connectivity index (χ1v) is 9.30. The second-order valence-electron chi connectivity index (χ2n) is 7.19. The van der Waals surface area contributed by atoms with Gasteiger partial charge in [-0.05, 0) is 50.5 Å². The summed E-state index contributed by atoms with van der Waals surface area (Å²) in [5, 5.41) is 8.24. The molecule has 0 radical (unpaired) electrons. The molecule has 2 rings (SSSR count). The standard InChI is InChI=1S/C22H27N3O3/c1-16(26)24-18-12-7-13-19(15-18)25-21(28)22(2,3)20(27)23-14-8-11-17-9-5-4-6-10-17/h4-7,9-10,12-13,15H,8,11,14H2,1-3H3,(H,23,27)(H,24,26)(H,25,28). The molecule has 0 aliphatic rings. The minimum atomic E-state index is -1.23. The second-order valence-corrected chi connectivity index (χ2v) is 7.19. The zero-order chi connectivity index (χ0) is 20.6. The lowest BCUT2D eigenvalue weighted by molar-refractivity contribution is -0.138. The van der Waals surface area contributed by atoms with Crippen LogP contribution in [0.25, 0.3) is 0 Å². The average molecular weight is 381 g/mol. The maximum atomic E-state index is 12.6. The summed E-state index contributed by atoms with van der Waals surface area (Å²) >= 11 is 0. The molecule has 2 aromatic rings. The van der Waals surface area contributed by atoms with Gasteiger partial charge in [-0.1, -0.05) is 36.4 Å². The first-order chi connectivity index (χ1) is 13.3. The molecule has 0 unspecified atom stereocenters. The lowest BCUT2D eigenvalue weighted by atomic mass is 9.91. The molecule has 0 aliphatic heterocycles. The number of nitrogens with one attached hydrogen (secondary N) is 3. The van der Waals surface area contributed by atoms with Crippen LogP contribution in [0, 0.1) is 5.41 Å². The monoisotopic (exact) mass is 381 g/mol. The predicted octanol–water partition coefficient (Wildman–Crippen LogP) is 3.36. The van der Waals surface area contributed by atoms with Crippen molar-refractivity contribution in [1.82, 2.24) is 5.32 Å². The van der Waals surface area contributed by atoms with Crippen LogP contribution in [0.15, 0.2) is 54.6 Å². The number of rotatable bonds is 8. The van der Waals surface area contributed by atoms with Crippen molar-refractivity contribution in [3.63, 3.8) is 0 Å². The van der Waals surface area contributed by atoms with Crippen LogP contribution in [-0.4, -0.2) is 24.3 Å². The molecule has 6 nitrogen and oxygen atoms in total. The molecule has 0 saturated heterocycles. The summed E-state index contributed by atoms with van der Waals surface area (Å²) in [6.45, 7) is 5.10. The molecule has 148 valence electrons. The van der Waals surface area contributed by atoms with E-state index in [0.717, 1.165) is 12.8 Å². The van der Waals surface area contributed by atoms with Gasteiger partial charge in [0.15, 0.2) is 0 Å². The summed E-state index contributed by atoms with van der Waals surface area (Å²) in [5.74, 6) is -0.928. The fraction of sp³-hybridized carbons (Fsp3) is 0.318. The molecule has 0 fully saturated rings. The summed E-state index contributed by atoms with van der Waals surface area (Å²) in [6.07, 6.45) is 1.66. The number of hydrogen-bond acceptors (Lipinski definition) is 3. The number of hydrogen-bond donors (Lipinski definition) is 3. The lowest BCUT2D eigenvalue weighted by Gasteiger charge is -2.23. The Kier molecular flexibility index (Phi) is 7.32. The largest absolute Gasteiger partial charge is 0.355 e. The molecule has 28 heavy (non-hydrogen) atoms. The van der Waals surface area contributed by atoms with Gasteiger partial charge in [0.25, 0.3) is 0 Å². The van der Waals surface area contributed by atoms with Crippen LogP contribution in [0.2, 0.25) is 0 Å². The molecule has 0 atom stereocenters. The minimum absolute atomic E-state index is 0.196. The highest BCUT2D eigenvalue weighted by molar-refractivity contribution is 6.10. The Morgan fingerprint density at radius 1 is 0.857 bits per heavy atom. The van der Waals surface area contributed by atoms with Gasteiger partial charge < -0.3 is 16.0 Å². The van der Waals surface area contributed by atoms with Crippen LogP contribution < -0.4 is 16.0 Å². The van der Waals surface area contributed by atoms with Crippen LogP contribution in [0.3, 0.4) is 0 Å². The zero-order valence-electron chi connectivity index (χ0n) is 16.5. The van der Waals surface area contributed by atoms with Crippen LogP contribution in [0.4, 0.5) is 11.4 Å². The molecule has 0 aliphatic carbocycles. The van der Waals surface area contributed by atoms with Crippen molar-refractivity contribution in [2.75, 3.05) is 17.2 Å². The van der Waals surface area contributed by atoms with E-state index in [1.54, 1.807) is 38.1 Å². The van der Waals surface area contributed by atoms with Crippen LogP contribution in [0.5, 0.6) is 0 Å². The van der Waals surface area contributed by atoms with Crippen molar-refractivity contribution in [1.29, 1.82) is 0 Å². The zero-order valence-corrected chi connectivity index (χ0v) is 16.5. The average Bonchev–Trinajstić information content (AvgIpc) is 2.65. The highest BCUT2D eigenvalue weighted by Gasteiger charge is 2.35. The molecule has 3 amide bonds. The van der Waals surface area contributed by atoms with E-state index in [-0.39, 0.29) is 11.8 Å². The smallest absolute Gasteiger partial charge is 0.239 e. The highest BCUT2D eigenvalue weighted by Crippen LogP contribution is 2.21. The van der Waals surface area contributed by atoms with E-state index >= 15 is 0 Å². The van der Waals surface area contributed by atoms with Crippen LogP contribution >= 0.6 is 0 Å². The molecular formula is C22H27N3O3. The summed E-state index contributed by atoms with van der Waals surface area (Å²) < 4.78 is 0. The summed E-state index contributed by atoms with van der Waals surface area (Å²) in [4.78, 5) is 36.3. The van der Waals surface area contributed by atoms with Gasteiger partial charge in [0.2, 0.25) is 17.7 Å². The van der Waals surface area contributed by atoms with Gasteiger partial charge in [-0.25, -0.2) is 0 Å². The SMILES string of the molecule is CC(=O)Nc1cccc(NC(=O)C(C)(C)C(=O)NCCCc2ccccc2)c1. The third-order valence-electron chi connectivity index (χ3n) is 4.35. The number of amides is 3. The van der Waals surface area contributed by atoms with Crippen molar-refractivity contribution in [3.05, 3.63) is 60.2 Å². The van der Waals surface area contributed by atoms with E-state index in [1.165, 1.54) is 12.5 Å². The second kappa shape index (κ2) is 9.69. The summed E-state index contributed by atoms with van der Waals surface area (Å²) in [7, 11) is 0. The molecule has 0 heterocycles. The number of carbonyl (C=O) groups is 3. The van der Waals surface area contributed by atoms with Crippen LogP contribution in [0.1, 0.15) is 32.8 Å². The van der Waals surface area contributed by atoms with Crippen molar-refractivity contribution < 1.29 is 14.4 Å². The molecular weight excluding hydrogens is 354 g/mol. The maximum absolute atomic E-state index is 12.6. The number of carbonyl (C=O) groups excluding carboxylic acids is 3. The van der Waals surface area contributed by atoms with Gasteiger partial charge in [-0.3, -0.25) is 14.4 Å². The van der Waals surface area contributed by atoms with E-state index in [9.17, 15) is 14.4 Å². The van der Waals surface area contributed by atoms with Gasteiger partial charge >= 0.3 is 0 Å². The lowest BCUT2D eigenvalue weighted by Crippen LogP contribution is -2.45. The summed E-state index contributed by atoms with van der Waals surface area (Å²) in [5.41, 5.74) is 1.08. The van der Waals surface area contributed by atoms with E-state index in [4.69, 9.17) is 0 Å². The Bertz CT molecular complexity index is 832. The first kappa shape index (κ1) is 21.2. The summed E-state index contributed by atoms with van der Waals surface area (Å²) in [6, 6.07) is 16.8. The quantitative estimate of drug-likeness (QED) is 0.484. The van der Waals surface area contributed by atoms with E-state index in [2.05, 4.69) is 16.0 Å². The van der Waals surface area contributed by atoms with Crippen molar-refractivity contribution in [3.8, 4) is 0 Å². The Morgan fingerprint density at radius 3 is 2.14 bits per heavy atom. The van der Waals surface area contributed by atoms with E-state index in [0.29, 0.717) is 17.9 Å². The first-order valence-electron chi connectivity index (χ1n) is 9.30. The molecule has 0 aromatic heterocycles. The molecule has 0 saturated carbocycles. The van der Waals surface area contributed by atoms with Gasteiger partial charge in [0, 0.05) is 24.8 Å². The topological polar surface area (TPSA) is 87.3 Å². The number of aryl methyl sites for hydroxylation is 1. The number of anilines is 2. The molecule has 2 aromatic carbocycles. The van der Waals surface area contributed by atoms with Crippen molar-refractivity contribution >= 4 is 29.1 Å². The molecule has 0 spiro atoms. The van der Waals surface area contributed by atoms with Crippen molar-refractivity contribution in [2.45, 2.75) is 33.6 Å². The Balaban J connectivity index is 1.87. The molecule has 6 heteroatoms. The van der Waals surface area contributed by atoms with Gasteiger partial charge in [-0.15, -0.1) is 0 Å². The molecule has 3 N–H and O–H groups in total. The number of benzene rings is 2. The minimum Gasteiger partial charge on any atom is -0.355 e. The third-order valence-corrected chi connectivity index (χ3v) is 4.35. The van der Waals surface area contributed by atoms with Gasteiger partial charge in [-0.2, -0.15) is 0 Å². The Labute approximate surface area is 165 Å². The predicted molar refractivity (Wildman–Crippen MR) is 111 cm³/mol. The van der Waals surface area contributed by atoms with Gasteiger partial charge in [0.05, 0.1) is 0 Å². The Hall–Kier alpha value is -3.15. The highest BCUT2D eigenvalue weighted by atomic mass is 16.2. The fourth-order valence-corrected chi connectivity index (χ4v) is 2.63. The van der Waals surface area contributed by atoms with Gasteiger partial charge in [0.1, 0.15) is 5.41 Å². The van der Waals surface area contributed by atoms with E-state index in [1.807, 2.05) is 30.3 Å². The normalized spacial score (nSPS) is 10.8.